The number of aliphatic hydroxyl groups excluding tert-OH is 1. The largest absolute Gasteiger partial charge is 0.506 e. The Kier molecular flexibility index (Phi) is 3.26. The zero-order valence-corrected chi connectivity index (χ0v) is 12.7. The molecular formula is C17H15N3O4. The summed E-state index contributed by atoms with van der Waals surface area (Å²) < 4.78 is 1.51. The lowest BCUT2D eigenvalue weighted by Gasteiger charge is -2.08. The highest BCUT2D eigenvalue weighted by atomic mass is 16.3. The Morgan fingerprint density at radius 2 is 1.88 bits per heavy atom. The highest BCUT2D eigenvalue weighted by molar-refractivity contribution is 6.09. The molecule has 4 rings (SSSR count). The van der Waals surface area contributed by atoms with Crippen molar-refractivity contribution in [1.82, 2.24) is 14.9 Å². The fourth-order valence-electron chi connectivity index (χ4n) is 3.14. The molecule has 2 heterocycles. The molecule has 0 bridgehead atoms. The summed E-state index contributed by atoms with van der Waals surface area (Å²) >= 11 is 0. The fraction of sp³-hybridized carbons (Fsp3) is 0.176. The number of para-hydroxylation sites is 1. The third-order valence-electron chi connectivity index (χ3n) is 4.18. The lowest BCUT2D eigenvalue weighted by molar-refractivity contribution is 0.291. The Morgan fingerprint density at radius 3 is 2.67 bits per heavy atom. The number of fused-ring (bicyclic) bond motifs is 2. The molecule has 122 valence electrons. The van der Waals surface area contributed by atoms with Gasteiger partial charge in [-0.05, 0) is 18.2 Å². The molecule has 2 aromatic heterocycles. The van der Waals surface area contributed by atoms with Crippen LogP contribution >= 0.6 is 0 Å². The first-order valence-electron chi connectivity index (χ1n) is 7.55. The van der Waals surface area contributed by atoms with Gasteiger partial charge in [0.25, 0.3) is 0 Å². The molecule has 0 aliphatic rings. The van der Waals surface area contributed by atoms with E-state index >= 15 is 0 Å². The Balaban J connectivity index is 2.15. The van der Waals surface area contributed by atoms with Crippen molar-refractivity contribution in [3.05, 3.63) is 46.2 Å². The van der Waals surface area contributed by atoms with Crippen LogP contribution in [0.15, 0.2) is 35.1 Å². The number of hydrogen-bond acceptors (Lipinski definition) is 6. The summed E-state index contributed by atoms with van der Waals surface area (Å²) in [7, 11) is 0. The third-order valence-corrected chi connectivity index (χ3v) is 4.18. The van der Waals surface area contributed by atoms with Gasteiger partial charge in [0.2, 0.25) is 0 Å². The van der Waals surface area contributed by atoms with Crippen LogP contribution < -0.4 is 10.7 Å². The van der Waals surface area contributed by atoms with E-state index in [9.17, 15) is 15.0 Å². The number of phenols is 1. The van der Waals surface area contributed by atoms with Crippen molar-refractivity contribution in [2.75, 3.05) is 13.2 Å². The van der Waals surface area contributed by atoms with Crippen molar-refractivity contribution in [1.29, 1.82) is 0 Å². The van der Waals surface area contributed by atoms with Gasteiger partial charge in [0.1, 0.15) is 17.0 Å². The number of hydrogen-bond donors (Lipinski definition) is 4. The molecule has 0 saturated heterocycles. The van der Waals surface area contributed by atoms with Crippen LogP contribution in [0.2, 0.25) is 0 Å². The summed E-state index contributed by atoms with van der Waals surface area (Å²) in [6, 6.07) is 7.90. The molecule has 0 aliphatic heterocycles. The zero-order chi connectivity index (χ0) is 16.8. The van der Waals surface area contributed by atoms with E-state index in [-0.39, 0.29) is 34.4 Å². The predicted octanol–water partition coefficient (Wildman–Crippen LogP) is 0.932. The van der Waals surface area contributed by atoms with Gasteiger partial charge >= 0.3 is 0 Å². The zero-order valence-electron chi connectivity index (χ0n) is 12.7. The average Bonchev–Trinajstić information content (AvgIpc) is 2.95. The molecule has 4 aromatic rings. The number of pyridine rings is 1. The molecule has 7 nitrogen and oxygen atoms in total. The minimum Gasteiger partial charge on any atom is -0.506 e. The SMILES string of the molecule is O=c1ccc(O)c2c1c(O)c1cccc3c(CNCCO)nn2c31. The van der Waals surface area contributed by atoms with E-state index in [4.69, 9.17) is 5.11 Å². The second kappa shape index (κ2) is 5.33. The van der Waals surface area contributed by atoms with Crippen molar-refractivity contribution >= 4 is 27.2 Å². The highest BCUT2D eigenvalue weighted by Crippen LogP contribution is 2.38. The molecule has 0 saturated carbocycles. The Hall–Kier alpha value is -2.90. The normalized spacial score (nSPS) is 11.9. The standard InChI is InChI=1S/C17H15N3O4/c21-7-6-18-8-11-9-2-1-3-10-15(9)20(19-11)16-13(23)5-4-12(22)14(16)17(10)24/h1-5,18,21,23-24H,6-8H2. The van der Waals surface area contributed by atoms with Crippen LogP contribution in [0.5, 0.6) is 11.5 Å². The smallest absolute Gasteiger partial charge is 0.192 e. The van der Waals surface area contributed by atoms with Gasteiger partial charge in [0, 0.05) is 23.9 Å². The fourth-order valence-corrected chi connectivity index (χ4v) is 3.14. The predicted molar refractivity (Wildman–Crippen MR) is 89.8 cm³/mol. The molecule has 0 radical (unpaired) electrons. The number of aromatic nitrogens is 2. The van der Waals surface area contributed by atoms with E-state index < -0.39 is 0 Å². The number of nitrogens with zero attached hydrogens (tertiary/aromatic N) is 2. The summed E-state index contributed by atoms with van der Waals surface area (Å²) in [6.45, 7) is 0.862. The summed E-state index contributed by atoms with van der Waals surface area (Å²) in [6.07, 6.45) is 0. The molecule has 24 heavy (non-hydrogen) atoms. The van der Waals surface area contributed by atoms with E-state index in [0.29, 0.717) is 29.7 Å². The summed E-state index contributed by atoms with van der Waals surface area (Å²) in [4.78, 5) is 12.2. The number of aliphatic hydroxyl groups is 1. The Morgan fingerprint density at radius 1 is 1.08 bits per heavy atom. The van der Waals surface area contributed by atoms with Crippen LogP contribution in [-0.4, -0.2) is 38.1 Å². The van der Waals surface area contributed by atoms with Crippen LogP contribution in [0.3, 0.4) is 0 Å². The summed E-state index contributed by atoms with van der Waals surface area (Å²) in [5.41, 5.74) is 1.16. The number of nitrogens with one attached hydrogen (secondary N) is 1. The van der Waals surface area contributed by atoms with Crippen LogP contribution in [0.4, 0.5) is 0 Å². The first-order valence-corrected chi connectivity index (χ1v) is 7.55. The van der Waals surface area contributed by atoms with Gasteiger partial charge in [0.15, 0.2) is 5.43 Å². The lowest BCUT2D eigenvalue weighted by atomic mass is 10.1. The number of aromatic hydroxyl groups is 2. The second-order valence-electron chi connectivity index (χ2n) is 5.62. The van der Waals surface area contributed by atoms with Gasteiger partial charge in [-0.1, -0.05) is 12.1 Å². The van der Waals surface area contributed by atoms with Crippen molar-refractivity contribution in [3.63, 3.8) is 0 Å². The molecule has 0 aliphatic carbocycles. The molecule has 0 atom stereocenters. The number of phenolic OH excluding ortho intramolecular Hbond substituents is 1. The van der Waals surface area contributed by atoms with Crippen LogP contribution in [-0.2, 0) is 6.54 Å². The topological polar surface area (TPSA) is 107 Å². The van der Waals surface area contributed by atoms with Crippen LogP contribution in [0, 0.1) is 0 Å². The molecule has 0 amide bonds. The monoisotopic (exact) mass is 325 g/mol. The summed E-state index contributed by atoms with van der Waals surface area (Å²) in [5, 5.41) is 38.6. The maximum Gasteiger partial charge on any atom is 0.192 e. The van der Waals surface area contributed by atoms with Gasteiger partial charge in [-0.15, -0.1) is 0 Å². The average molecular weight is 325 g/mol. The van der Waals surface area contributed by atoms with E-state index in [1.165, 1.54) is 16.6 Å². The second-order valence-corrected chi connectivity index (χ2v) is 5.62. The minimum atomic E-state index is -0.376. The number of benzene rings is 2. The van der Waals surface area contributed by atoms with Crippen molar-refractivity contribution in [3.8, 4) is 11.5 Å². The van der Waals surface area contributed by atoms with Crippen molar-refractivity contribution in [2.24, 2.45) is 0 Å². The van der Waals surface area contributed by atoms with Crippen molar-refractivity contribution in [2.45, 2.75) is 6.54 Å². The maximum absolute atomic E-state index is 12.2. The van der Waals surface area contributed by atoms with Gasteiger partial charge in [-0.25, -0.2) is 4.52 Å². The Bertz CT molecular complexity index is 1120. The number of rotatable bonds is 4. The molecule has 0 spiro atoms. The van der Waals surface area contributed by atoms with E-state index in [0.717, 1.165) is 5.39 Å². The van der Waals surface area contributed by atoms with E-state index in [1.807, 2.05) is 6.07 Å². The van der Waals surface area contributed by atoms with E-state index in [2.05, 4.69) is 10.4 Å². The van der Waals surface area contributed by atoms with Gasteiger partial charge in [-0.3, -0.25) is 4.79 Å². The molecule has 7 heteroatoms. The first kappa shape index (κ1) is 14.7. The van der Waals surface area contributed by atoms with E-state index in [1.54, 1.807) is 12.1 Å². The minimum absolute atomic E-state index is 0.0155. The maximum atomic E-state index is 12.2. The van der Waals surface area contributed by atoms with Gasteiger partial charge in [0.05, 0.1) is 23.2 Å². The molecule has 4 N–H and O–H groups in total. The Labute approximate surface area is 135 Å². The molecule has 0 unspecified atom stereocenters. The van der Waals surface area contributed by atoms with Gasteiger partial charge < -0.3 is 20.6 Å². The molecular weight excluding hydrogens is 310 g/mol. The molecule has 0 fully saturated rings. The van der Waals surface area contributed by atoms with Crippen LogP contribution in [0.1, 0.15) is 5.69 Å². The summed E-state index contributed by atoms with van der Waals surface area (Å²) in [5.74, 6) is -0.274. The van der Waals surface area contributed by atoms with Gasteiger partial charge in [-0.2, -0.15) is 5.10 Å². The third kappa shape index (κ3) is 1.92. The molecule has 2 aromatic carbocycles. The quantitative estimate of drug-likeness (QED) is 0.328. The van der Waals surface area contributed by atoms with Crippen LogP contribution in [0.25, 0.3) is 27.2 Å². The highest BCUT2D eigenvalue weighted by Gasteiger charge is 2.20. The first-order chi connectivity index (χ1) is 11.6. The van der Waals surface area contributed by atoms with Crippen molar-refractivity contribution < 1.29 is 15.3 Å². The lowest BCUT2D eigenvalue weighted by Crippen LogP contribution is -2.17.